The minimum absolute atomic E-state index is 0.0862. The SMILES string of the molecule is CCOC(=O)N1CCN([C@H](c2cccc(OC)c2)c2sc3ncnn3c2O)CC1. The van der Waals surface area contributed by atoms with Crippen molar-refractivity contribution >= 4 is 22.4 Å². The molecule has 29 heavy (non-hydrogen) atoms. The molecule has 1 N–H and O–H groups in total. The number of fused-ring (bicyclic) bond motifs is 1. The average Bonchev–Trinajstić information content (AvgIpc) is 3.32. The predicted octanol–water partition coefficient (Wildman–Crippen LogP) is 2.37. The molecule has 3 heterocycles. The number of carbonyl (C=O) groups is 1. The number of aromatic nitrogens is 3. The Morgan fingerprint density at radius 3 is 2.79 bits per heavy atom. The normalized spacial score (nSPS) is 16.1. The molecule has 9 nitrogen and oxygen atoms in total. The zero-order valence-corrected chi connectivity index (χ0v) is 17.1. The second-order valence-corrected chi connectivity index (χ2v) is 7.65. The Hall–Kier alpha value is -2.85. The summed E-state index contributed by atoms with van der Waals surface area (Å²) in [6, 6.07) is 7.60. The monoisotopic (exact) mass is 417 g/mol. The molecule has 1 saturated heterocycles. The Morgan fingerprint density at radius 1 is 1.31 bits per heavy atom. The highest BCUT2D eigenvalue weighted by atomic mass is 32.1. The fraction of sp³-hybridized carbons (Fsp3) is 0.421. The van der Waals surface area contributed by atoms with Gasteiger partial charge < -0.3 is 19.5 Å². The zero-order chi connectivity index (χ0) is 20.4. The van der Waals surface area contributed by atoms with Gasteiger partial charge in [-0.2, -0.15) is 9.61 Å². The molecule has 3 aromatic rings. The van der Waals surface area contributed by atoms with Gasteiger partial charge in [-0.25, -0.2) is 9.78 Å². The molecule has 2 aromatic heterocycles. The molecule has 1 aromatic carbocycles. The summed E-state index contributed by atoms with van der Waals surface area (Å²) in [7, 11) is 1.63. The van der Waals surface area contributed by atoms with Crippen LogP contribution in [0.15, 0.2) is 30.6 Å². The van der Waals surface area contributed by atoms with Crippen LogP contribution in [0.5, 0.6) is 11.6 Å². The Bertz CT molecular complexity index is 996. The Kier molecular flexibility index (Phi) is 5.54. The van der Waals surface area contributed by atoms with Crippen molar-refractivity contribution in [3.8, 4) is 11.6 Å². The van der Waals surface area contributed by atoms with Crippen LogP contribution in [-0.4, -0.2) is 75.5 Å². The number of carbonyl (C=O) groups excluding carboxylic acids is 1. The van der Waals surface area contributed by atoms with Gasteiger partial charge >= 0.3 is 6.09 Å². The molecule has 1 fully saturated rings. The van der Waals surface area contributed by atoms with Crippen molar-refractivity contribution in [1.82, 2.24) is 24.4 Å². The van der Waals surface area contributed by atoms with Crippen molar-refractivity contribution < 1.29 is 19.4 Å². The van der Waals surface area contributed by atoms with E-state index in [1.165, 1.54) is 22.2 Å². The lowest BCUT2D eigenvalue weighted by Crippen LogP contribution is -2.49. The van der Waals surface area contributed by atoms with Gasteiger partial charge in [-0.3, -0.25) is 4.90 Å². The molecule has 1 atom stereocenters. The zero-order valence-electron chi connectivity index (χ0n) is 16.3. The van der Waals surface area contributed by atoms with E-state index in [-0.39, 0.29) is 18.0 Å². The number of rotatable bonds is 5. The number of ether oxygens (including phenoxy) is 2. The lowest BCUT2D eigenvalue weighted by Gasteiger charge is -2.38. The highest BCUT2D eigenvalue weighted by molar-refractivity contribution is 7.17. The van der Waals surface area contributed by atoms with Gasteiger partial charge in [-0.05, 0) is 24.6 Å². The molecule has 0 bridgehead atoms. The number of amides is 1. The van der Waals surface area contributed by atoms with Crippen LogP contribution >= 0.6 is 11.3 Å². The number of methoxy groups -OCH3 is 1. The van der Waals surface area contributed by atoms with E-state index in [1.807, 2.05) is 24.3 Å². The molecule has 1 aliphatic heterocycles. The first-order valence-corrected chi connectivity index (χ1v) is 10.2. The quantitative estimate of drug-likeness (QED) is 0.681. The van der Waals surface area contributed by atoms with Crippen LogP contribution in [0.3, 0.4) is 0 Å². The van der Waals surface area contributed by atoms with E-state index in [0.29, 0.717) is 37.7 Å². The van der Waals surface area contributed by atoms with Gasteiger partial charge in [0, 0.05) is 26.2 Å². The predicted molar refractivity (Wildman–Crippen MR) is 108 cm³/mol. The van der Waals surface area contributed by atoms with Crippen LogP contribution in [0.2, 0.25) is 0 Å². The van der Waals surface area contributed by atoms with Gasteiger partial charge in [0.15, 0.2) is 0 Å². The molecule has 0 radical (unpaired) electrons. The van der Waals surface area contributed by atoms with Gasteiger partial charge in [-0.1, -0.05) is 23.5 Å². The van der Waals surface area contributed by atoms with Gasteiger partial charge in [0.25, 0.3) is 0 Å². The summed E-state index contributed by atoms with van der Waals surface area (Å²) in [5.74, 6) is 0.833. The second kappa shape index (κ2) is 8.26. The van der Waals surface area contributed by atoms with Crippen molar-refractivity contribution in [3.63, 3.8) is 0 Å². The maximum absolute atomic E-state index is 12.0. The maximum Gasteiger partial charge on any atom is 0.409 e. The van der Waals surface area contributed by atoms with Crippen LogP contribution in [0.4, 0.5) is 4.79 Å². The average molecular weight is 417 g/mol. The first-order valence-electron chi connectivity index (χ1n) is 9.43. The van der Waals surface area contributed by atoms with Crippen molar-refractivity contribution in [1.29, 1.82) is 0 Å². The molecular weight excluding hydrogens is 394 g/mol. The minimum atomic E-state index is -0.285. The van der Waals surface area contributed by atoms with Gasteiger partial charge in [0.1, 0.15) is 12.1 Å². The topological polar surface area (TPSA) is 92.4 Å². The van der Waals surface area contributed by atoms with Crippen LogP contribution in [0.25, 0.3) is 4.96 Å². The van der Waals surface area contributed by atoms with Crippen LogP contribution in [0.1, 0.15) is 23.4 Å². The molecule has 1 aliphatic rings. The molecule has 1 amide bonds. The molecule has 4 rings (SSSR count). The second-order valence-electron chi connectivity index (χ2n) is 6.65. The summed E-state index contributed by atoms with van der Waals surface area (Å²) in [4.78, 5) is 21.6. The number of hydrogen-bond donors (Lipinski definition) is 1. The summed E-state index contributed by atoms with van der Waals surface area (Å²) in [6.07, 6.45) is 1.14. The van der Waals surface area contributed by atoms with E-state index in [2.05, 4.69) is 15.0 Å². The van der Waals surface area contributed by atoms with Crippen molar-refractivity contribution in [2.45, 2.75) is 13.0 Å². The number of benzene rings is 1. The van der Waals surface area contributed by atoms with Crippen LogP contribution in [0, 0.1) is 0 Å². The van der Waals surface area contributed by atoms with E-state index >= 15 is 0 Å². The lowest BCUT2D eigenvalue weighted by atomic mass is 10.0. The van der Waals surface area contributed by atoms with E-state index in [1.54, 1.807) is 18.9 Å². The van der Waals surface area contributed by atoms with Gasteiger partial charge in [0.2, 0.25) is 10.8 Å². The number of aromatic hydroxyl groups is 1. The molecule has 0 saturated carbocycles. The fourth-order valence-electron chi connectivity index (χ4n) is 3.59. The van der Waals surface area contributed by atoms with E-state index < -0.39 is 0 Å². The highest BCUT2D eigenvalue weighted by Crippen LogP contribution is 2.40. The standard InChI is InChI=1S/C19H23N5O4S/c1-3-28-19(26)23-9-7-22(8-10-23)15(13-5-4-6-14(11-13)27-2)16-17(25)24-18(29-16)20-12-21-24/h4-6,11-12,15,25H,3,7-10H2,1-2H3/t15-/m1/s1. The number of piperazine rings is 1. The molecule has 0 aliphatic carbocycles. The molecule has 154 valence electrons. The first kappa shape index (κ1) is 19.5. The third-order valence-electron chi connectivity index (χ3n) is 5.00. The van der Waals surface area contributed by atoms with Gasteiger partial charge in [0.05, 0.1) is 24.6 Å². The minimum Gasteiger partial charge on any atom is -0.497 e. The maximum atomic E-state index is 12.0. The summed E-state index contributed by atoms with van der Waals surface area (Å²) >= 11 is 1.41. The summed E-state index contributed by atoms with van der Waals surface area (Å²) in [5.41, 5.74) is 0.994. The van der Waals surface area contributed by atoms with Crippen LogP contribution in [-0.2, 0) is 4.74 Å². The Balaban J connectivity index is 1.67. The van der Waals surface area contributed by atoms with Crippen molar-refractivity contribution in [2.24, 2.45) is 0 Å². The Morgan fingerprint density at radius 2 is 2.10 bits per heavy atom. The number of nitrogens with zero attached hydrogens (tertiary/aromatic N) is 5. The lowest BCUT2D eigenvalue weighted by molar-refractivity contribution is 0.0715. The summed E-state index contributed by atoms with van der Waals surface area (Å²) in [6.45, 7) is 4.57. The van der Waals surface area contributed by atoms with Crippen LogP contribution < -0.4 is 4.74 Å². The van der Waals surface area contributed by atoms with Crippen molar-refractivity contribution in [3.05, 3.63) is 41.0 Å². The molecule has 0 spiro atoms. The molecule has 0 unspecified atom stereocenters. The van der Waals surface area contributed by atoms with E-state index in [4.69, 9.17) is 9.47 Å². The van der Waals surface area contributed by atoms with E-state index in [9.17, 15) is 9.90 Å². The first-order chi connectivity index (χ1) is 14.1. The third-order valence-corrected chi connectivity index (χ3v) is 6.09. The van der Waals surface area contributed by atoms with E-state index in [0.717, 1.165) is 16.2 Å². The summed E-state index contributed by atoms with van der Waals surface area (Å²) < 4.78 is 12.0. The molecular formula is C19H23N5O4S. The smallest absolute Gasteiger partial charge is 0.409 e. The Labute approximate surface area is 172 Å². The number of hydrogen-bond acceptors (Lipinski definition) is 8. The summed E-state index contributed by atoms with van der Waals surface area (Å²) in [5, 5.41) is 14.9. The largest absolute Gasteiger partial charge is 0.497 e. The van der Waals surface area contributed by atoms with Gasteiger partial charge in [-0.15, -0.1) is 0 Å². The molecule has 10 heteroatoms. The highest BCUT2D eigenvalue weighted by Gasteiger charge is 2.32. The van der Waals surface area contributed by atoms with Crippen molar-refractivity contribution in [2.75, 3.05) is 39.9 Å². The number of thiazole rings is 1. The fourth-order valence-corrected chi connectivity index (χ4v) is 4.68. The third kappa shape index (κ3) is 3.73.